The normalized spacial score (nSPS) is 21.2. The molecule has 0 N–H and O–H groups in total. The van der Waals surface area contributed by atoms with E-state index in [1.54, 1.807) is 13.0 Å². The first kappa shape index (κ1) is 17.3. The molecule has 0 aliphatic heterocycles. The summed E-state index contributed by atoms with van der Waals surface area (Å²) < 4.78 is 4.81. The molecule has 1 heterocycles. The summed E-state index contributed by atoms with van der Waals surface area (Å²) in [7, 11) is 3.46. The standard InChI is InChI=1S/C16H23N3O4/c1-11-15(19(21)22)9-6-13(17-11)10-18(2)14-7-4-12(5-8-14)16(20)23-3/h6,9,12,14H,4-5,7-8,10H2,1-3H3/t12-,14-. The fourth-order valence-corrected chi connectivity index (χ4v) is 3.19. The molecule has 0 radical (unpaired) electrons. The van der Waals surface area contributed by atoms with Crippen LogP contribution in [0.15, 0.2) is 12.1 Å². The zero-order chi connectivity index (χ0) is 17.0. The van der Waals surface area contributed by atoms with Crippen molar-refractivity contribution >= 4 is 11.7 Å². The van der Waals surface area contributed by atoms with E-state index in [9.17, 15) is 14.9 Å². The van der Waals surface area contributed by atoms with Crippen molar-refractivity contribution in [3.8, 4) is 0 Å². The molecule has 23 heavy (non-hydrogen) atoms. The summed E-state index contributed by atoms with van der Waals surface area (Å²) in [6.45, 7) is 2.30. The van der Waals surface area contributed by atoms with E-state index in [0.29, 0.717) is 18.3 Å². The van der Waals surface area contributed by atoms with E-state index in [2.05, 4.69) is 9.88 Å². The number of rotatable bonds is 5. The molecule has 7 heteroatoms. The van der Waals surface area contributed by atoms with Gasteiger partial charge in [-0.1, -0.05) is 0 Å². The molecule has 1 aliphatic carbocycles. The molecule has 2 rings (SSSR count). The second-order valence-electron chi connectivity index (χ2n) is 6.11. The summed E-state index contributed by atoms with van der Waals surface area (Å²) >= 11 is 0. The summed E-state index contributed by atoms with van der Waals surface area (Å²) in [6, 6.07) is 3.62. The molecule has 1 aromatic heterocycles. The van der Waals surface area contributed by atoms with Gasteiger partial charge in [-0.2, -0.15) is 0 Å². The number of carbonyl (C=O) groups is 1. The predicted molar refractivity (Wildman–Crippen MR) is 84.9 cm³/mol. The van der Waals surface area contributed by atoms with E-state index in [0.717, 1.165) is 31.4 Å². The fourth-order valence-electron chi connectivity index (χ4n) is 3.19. The third kappa shape index (κ3) is 4.25. The summed E-state index contributed by atoms with van der Waals surface area (Å²) in [4.78, 5) is 28.5. The van der Waals surface area contributed by atoms with E-state index in [4.69, 9.17) is 4.74 Å². The van der Waals surface area contributed by atoms with Crippen LogP contribution in [0.3, 0.4) is 0 Å². The van der Waals surface area contributed by atoms with Crippen LogP contribution in [0.25, 0.3) is 0 Å². The Morgan fingerprint density at radius 3 is 2.57 bits per heavy atom. The van der Waals surface area contributed by atoms with Gasteiger partial charge in [0.15, 0.2) is 0 Å². The molecule has 0 spiro atoms. The van der Waals surface area contributed by atoms with Gasteiger partial charge in [-0.15, -0.1) is 0 Å². The van der Waals surface area contributed by atoms with Gasteiger partial charge in [-0.05, 0) is 45.7 Å². The van der Waals surface area contributed by atoms with E-state index >= 15 is 0 Å². The molecule has 0 amide bonds. The van der Waals surface area contributed by atoms with Gasteiger partial charge in [0.25, 0.3) is 5.69 Å². The van der Waals surface area contributed by atoms with Gasteiger partial charge in [0.1, 0.15) is 5.69 Å². The van der Waals surface area contributed by atoms with E-state index in [1.165, 1.54) is 13.2 Å². The lowest BCUT2D eigenvalue weighted by Gasteiger charge is -2.33. The molecule has 0 aromatic carbocycles. The third-order valence-electron chi connectivity index (χ3n) is 4.58. The first-order valence-corrected chi connectivity index (χ1v) is 7.81. The van der Waals surface area contributed by atoms with E-state index in [-0.39, 0.29) is 17.6 Å². The lowest BCUT2D eigenvalue weighted by atomic mass is 9.85. The maximum absolute atomic E-state index is 11.6. The van der Waals surface area contributed by atoms with E-state index < -0.39 is 4.92 Å². The van der Waals surface area contributed by atoms with Crippen molar-refractivity contribution in [2.75, 3.05) is 14.2 Å². The van der Waals surface area contributed by atoms with Crippen LogP contribution in [0, 0.1) is 23.0 Å². The minimum atomic E-state index is -0.413. The first-order valence-electron chi connectivity index (χ1n) is 7.81. The molecule has 0 atom stereocenters. The Kier molecular flexibility index (Phi) is 5.65. The highest BCUT2D eigenvalue weighted by Crippen LogP contribution is 2.28. The van der Waals surface area contributed by atoms with Gasteiger partial charge >= 0.3 is 5.97 Å². The number of aryl methyl sites for hydroxylation is 1. The third-order valence-corrected chi connectivity index (χ3v) is 4.58. The summed E-state index contributed by atoms with van der Waals surface area (Å²) in [5.41, 5.74) is 1.32. The van der Waals surface area contributed by atoms with Crippen molar-refractivity contribution in [1.82, 2.24) is 9.88 Å². The lowest BCUT2D eigenvalue weighted by Crippen LogP contribution is -2.36. The molecule has 0 saturated heterocycles. The van der Waals surface area contributed by atoms with Crippen LogP contribution in [0.5, 0.6) is 0 Å². The number of ether oxygens (including phenoxy) is 1. The number of methoxy groups -OCH3 is 1. The van der Waals surface area contributed by atoms with Crippen LogP contribution in [-0.4, -0.2) is 41.0 Å². The van der Waals surface area contributed by atoms with Crippen molar-refractivity contribution < 1.29 is 14.5 Å². The second-order valence-corrected chi connectivity index (χ2v) is 6.11. The van der Waals surface area contributed by atoms with Gasteiger partial charge in [0.05, 0.1) is 23.6 Å². The number of aromatic nitrogens is 1. The molecule has 1 aliphatic rings. The number of hydrogen-bond acceptors (Lipinski definition) is 6. The van der Waals surface area contributed by atoms with Crippen LogP contribution in [0.4, 0.5) is 5.69 Å². The Labute approximate surface area is 135 Å². The number of nitro groups is 1. The quantitative estimate of drug-likeness (QED) is 0.470. The number of esters is 1. The molecule has 1 aromatic rings. The first-order chi connectivity index (χ1) is 10.9. The smallest absolute Gasteiger partial charge is 0.308 e. The molecule has 7 nitrogen and oxygen atoms in total. The number of carbonyl (C=O) groups excluding carboxylic acids is 1. The zero-order valence-electron chi connectivity index (χ0n) is 13.8. The van der Waals surface area contributed by atoms with Gasteiger partial charge in [0.2, 0.25) is 0 Å². The summed E-state index contributed by atoms with van der Waals surface area (Å²) in [5.74, 6) is -0.0943. The highest BCUT2D eigenvalue weighted by molar-refractivity contribution is 5.72. The summed E-state index contributed by atoms with van der Waals surface area (Å²) in [6.07, 6.45) is 3.58. The van der Waals surface area contributed by atoms with Crippen molar-refractivity contribution in [1.29, 1.82) is 0 Å². The minimum Gasteiger partial charge on any atom is -0.469 e. The van der Waals surface area contributed by atoms with Crippen LogP contribution in [-0.2, 0) is 16.1 Å². The molecule has 126 valence electrons. The van der Waals surface area contributed by atoms with Crippen molar-refractivity contribution in [2.24, 2.45) is 5.92 Å². The summed E-state index contributed by atoms with van der Waals surface area (Å²) in [5, 5.41) is 10.8. The van der Waals surface area contributed by atoms with Gasteiger partial charge in [0, 0.05) is 18.7 Å². The lowest BCUT2D eigenvalue weighted by molar-refractivity contribution is -0.385. The fraction of sp³-hybridized carbons (Fsp3) is 0.625. The van der Waals surface area contributed by atoms with Crippen molar-refractivity contribution in [3.05, 3.63) is 33.6 Å². The maximum Gasteiger partial charge on any atom is 0.308 e. The molecule has 0 unspecified atom stereocenters. The highest BCUT2D eigenvalue weighted by atomic mass is 16.6. The van der Waals surface area contributed by atoms with Crippen LogP contribution in [0.1, 0.15) is 37.1 Å². The van der Waals surface area contributed by atoms with Gasteiger partial charge in [-0.3, -0.25) is 19.8 Å². The molecular weight excluding hydrogens is 298 g/mol. The minimum absolute atomic E-state index is 0.0180. The Bertz CT molecular complexity index is 583. The van der Waals surface area contributed by atoms with Gasteiger partial charge in [-0.25, -0.2) is 4.98 Å². The average molecular weight is 321 g/mol. The molecule has 0 bridgehead atoms. The van der Waals surface area contributed by atoms with Crippen LogP contribution >= 0.6 is 0 Å². The van der Waals surface area contributed by atoms with E-state index in [1.807, 2.05) is 7.05 Å². The van der Waals surface area contributed by atoms with Crippen molar-refractivity contribution in [2.45, 2.75) is 45.2 Å². The Morgan fingerprint density at radius 2 is 2.04 bits per heavy atom. The topological polar surface area (TPSA) is 85.6 Å². The largest absolute Gasteiger partial charge is 0.469 e. The average Bonchev–Trinajstić information content (AvgIpc) is 2.54. The molecular formula is C16H23N3O4. The predicted octanol–water partition coefficient (Wildman–Crippen LogP) is 2.46. The Morgan fingerprint density at radius 1 is 1.39 bits per heavy atom. The van der Waals surface area contributed by atoms with Crippen molar-refractivity contribution in [3.63, 3.8) is 0 Å². The SMILES string of the molecule is COC(=O)[C@H]1CC[C@H](N(C)Cc2ccc([N+](=O)[O-])c(C)n2)CC1. The van der Waals surface area contributed by atoms with Crippen LogP contribution in [0.2, 0.25) is 0 Å². The Balaban J connectivity index is 1.93. The zero-order valence-corrected chi connectivity index (χ0v) is 13.8. The highest BCUT2D eigenvalue weighted by Gasteiger charge is 2.28. The van der Waals surface area contributed by atoms with Crippen LogP contribution < -0.4 is 0 Å². The molecule has 1 fully saturated rings. The molecule has 1 saturated carbocycles. The number of hydrogen-bond donors (Lipinski definition) is 0. The number of pyridine rings is 1. The number of nitrogens with zero attached hydrogens (tertiary/aromatic N) is 3. The van der Waals surface area contributed by atoms with Gasteiger partial charge < -0.3 is 4.74 Å². The Hall–Kier alpha value is -2.02. The maximum atomic E-state index is 11.6. The monoisotopic (exact) mass is 321 g/mol. The second kappa shape index (κ2) is 7.50.